The summed E-state index contributed by atoms with van der Waals surface area (Å²) >= 11 is 0. The molecule has 0 N–H and O–H groups in total. The van der Waals surface area contributed by atoms with Crippen molar-refractivity contribution in [3.63, 3.8) is 0 Å². The van der Waals surface area contributed by atoms with Crippen molar-refractivity contribution in [2.75, 3.05) is 0 Å². The van der Waals surface area contributed by atoms with Crippen molar-refractivity contribution < 1.29 is 24.6 Å². The first kappa shape index (κ1) is 21.0. The Morgan fingerprint density at radius 2 is 0.846 bits per heavy atom. The first-order chi connectivity index (χ1) is 11.9. The summed E-state index contributed by atoms with van der Waals surface area (Å²) in [5, 5.41) is 0. The molecule has 0 saturated heterocycles. The quantitative estimate of drug-likeness (QED) is 0.627. The average molecular weight is 431 g/mol. The van der Waals surface area contributed by atoms with Gasteiger partial charge in [0.25, 0.3) is 20.2 Å². The average Bonchev–Trinajstić information content (AvgIpc) is 2.54. The minimum Gasteiger partial charge on any atom is -0.312 e. The third-order valence-electron chi connectivity index (χ3n) is 4.15. The van der Waals surface area contributed by atoms with Crippen LogP contribution < -0.4 is 0 Å². The van der Waals surface area contributed by atoms with Crippen LogP contribution in [0.3, 0.4) is 0 Å². The minimum atomic E-state index is -4.00. The molecule has 2 aromatic rings. The fourth-order valence-electron chi connectivity index (χ4n) is 2.02. The van der Waals surface area contributed by atoms with Crippen LogP contribution in [0.2, 0.25) is 26.2 Å². The molecule has 0 aromatic heterocycles. The van der Waals surface area contributed by atoms with Gasteiger partial charge in [-0.3, -0.25) is 0 Å². The number of benzene rings is 2. The van der Waals surface area contributed by atoms with Crippen LogP contribution in [0.1, 0.15) is 0 Å². The standard InChI is InChI=1S/C16H22O6S2Si2/c1-25(2,21-23(17,18)15-11-7-5-8-12-15)26(3,4)22-24(19,20)16-13-9-6-10-14-16/h5-14H,1-4H3. The topological polar surface area (TPSA) is 86.7 Å². The van der Waals surface area contributed by atoms with Gasteiger partial charge in [0, 0.05) is 0 Å². The monoisotopic (exact) mass is 430 g/mol. The van der Waals surface area contributed by atoms with Crippen LogP contribution in [-0.2, 0) is 28.0 Å². The van der Waals surface area contributed by atoms with Crippen molar-refractivity contribution in [3.8, 4) is 0 Å². The Morgan fingerprint density at radius 1 is 0.577 bits per heavy atom. The van der Waals surface area contributed by atoms with Crippen molar-refractivity contribution in [2.24, 2.45) is 0 Å². The van der Waals surface area contributed by atoms with E-state index in [1.165, 1.54) is 24.3 Å². The lowest BCUT2D eigenvalue weighted by Gasteiger charge is -2.35. The maximum atomic E-state index is 12.6. The zero-order chi connectivity index (χ0) is 19.6. The highest BCUT2D eigenvalue weighted by Gasteiger charge is 2.51. The van der Waals surface area contributed by atoms with Crippen molar-refractivity contribution in [3.05, 3.63) is 60.7 Å². The van der Waals surface area contributed by atoms with E-state index in [2.05, 4.69) is 0 Å². The zero-order valence-electron chi connectivity index (χ0n) is 15.0. The van der Waals surface area contributed by atoms with Gasteiger partial charge in [0.15, 0.2) is 0 Å². The van der Waals surface area contributed by atoms with Gasteiger partial charge in [-0.25, -0.2) is 0 Å². The first-order valence-corrected chi connectivity index (χ1v) is 17.5. The molecule has 0 atom stereocenters. The third kappa shape index (κ3) is 4.70. The molecule has 0 radical (unpaired) electrons. The Morgan fingerprint density at radius 3 is 1.12 bits per heavy atom. The molecule has 0 amide bonds. The summed E-state index contributed by atoms with van der Waals surface area (Å²) in [6.45, 7) is 6.67. The smallest absolute Gasteiger partial charge is 0.287 e. The lowest BCUT2D eigenvalue weighted by atomic mass is 10.4. The highest BCUT2D eigenvalue weighted by atomic mass is 32.2. The van der Waals surface area contributed by atoms with Gasteiger partial charge in [0.05, 0.1) is 9.79 Å². The Kier molecular flexibility index (Phi) is 5.95. The minimum absolute atomic E-state index is 0.0382. The second-order valence-corrected chi connectivity index (χ2v) is 24.1. The summed E-state index contributed by atoms with van der Waals surface area (Å²) < 4.78 is 61.3. The van der Waals surface area contributed by atoms with Crippen molar-refractivity contribution in [1.29, 1.82) is 0 Å². The predicted octanol–water partition coefficient (Wildman–Crippen LogP) is 3.29. The summed E-state index contributed by atoms with van der Waals surface area (Å²) in [6.07, 6.45) is 0. The van der Waals surface area contributed by atoms with E-state index in [1.807, 2.05) is 0 Å². The van der Waals surface area contributed by atoms with Crippen LogP contribution in [0, 0.1) is 0 Å². The number of hydrogen-bond donors (Lipinski definition) is 0. The molecule has 0 bridgehead atoms. The Hall–Kier alpha value is -1.31. The molecular formula is C16H22O6S2Si2. The SMILES string of the molecule is C[Si](C)(OS(=O)(=O)c1ccccc1)[Si](C)(C)OS(=O)(=O)c1ccccc1. The van der Waals surface area contributed by atoms with Crippen molar-refractivity contribution >= 4 is 35.9 Å². The zero-order valence-corrected chi connectivity index (χ0v) is 18.7. The molecule has 142 valence electrons. The van der Waals surface area contributed by atoms with Crippen LogP contribution in [0.15, 0.2) is 70.5 Å². The van der Waals surface area contributed by atoms with E-state index in [0.717, 1.165) is 0 Å². The Bertz CT molecular complexity index is 875. The van der Waals surface area contributed by atoms with Gasteiger partial charge in [-0.05, 0) is 50.5 Å². The highest BCUT2D eigenvalue weighted by Crippen LogP contribution is 2.29. The predicted molar refractivity (Wildman–Crippen MR) is 104 cm³/mol. The van der Waals surface area contributed by atoms with E-state index < -0.39 is 35.9 Å². The van der Waals surface area contributed by atoms with Crippen LogP contribution in [-0.4, -0.2) is 32.5 Å². The molecule has 2 rings (SSSR count). The second-order valence-electron chi connectivity index (χ2n) is 6.72. The van der Waals surface area contributed by atoms with Crippen molar-refractivity contribution in [2.45, 2.75) is 36.0 Å². The summed E-state index contributed by atoms with van der Waals surface area (Å²) in [7, 11) is -14.1. The molecule has 0 spiro atoms. The van der Waals surface area contributed by atoms with Gasteiger partial charge in [-0.1, -0.05) is 36.4 Å². The largest absolute Gasteiger partial charge is 0.312 e. The van der Waals surface area contributed by atoms with E-state index >= 15 is 0 Å². The lowest BCUT2D eigenvalue weighted by Crippen LogP contribution is -2.60. The Labute approximate surface area is 157 Å². The summed E-state index contributed by atoms with van der Waals surface area (Å²) in [5.74, 6) is 0. The van der Waals surface area contributed by atoms with Gasteiger partial charge in [0.2, 0.25) is 15.7 Å². The molecule has 0 unspecified atom stereocenters. The van der Waals surface area contributed by atoms with E-state index in [0.29, 0.717) is 0 Å². The fraction of sp³-hybridized carbons (Fsp3) is 0.250. The molecule has 0 fully saturated rings. The van der Waals surface area contributed by atoms with Crippen molar-refractivity contribution in [1.82, 2.24) is 0 Å². The van der Waals surface area contributed by atoms with Gasteiger partial charge in [-0.15, -0.1) is 0 Å². The maximum absolute atomic E-state index is 12.6. The summed E-state index contributed by atoms with van der Waals surface area (Å²) in [5.41, 5.74) is 0. The van der Waals surface area contributed by atoms with E-state index in [9.17, 15) is 16.8 Å². The molecule has 6 nitrogen and oxygen atoms in total. The molecule has 26 heavy (non-hydrogen) atoms. The lowest BCUT2D eigenvalue weighted by molar-refractivity contribution is 0.467. The van der Waals surface area contributed by atoms with Crippen LogP contribution in [0.5, 0.6) is 0 Å². The van der Waals surface area contributed by atoms with E-state index in [-0.39, 0.29) is 9.79 Å². The molecule has 10 heteroatoms. The van der Waals surface area contributed by atoms with Gasteiger partial charge in [0.1, 0.15) is 0 Å². The van der Waals surface area contributed by atoms with Crippen LogP contribution in [0.4, 0.5) is 0 Å². The van der Waals surface area contributed by atoms with Gasteiger partial charge in [-0.2, -0.15) is 16.8 Å². The molecular weight excluding hydrogens is 408 g/mol. The maximum Gasteiger partial charge on any atom is 0.287 e. The molecule has 0 aliphatic rings. The fourth-order valence-corrected chi connectivity index (χ4v) is 15.4. The summed E-state index contributed by atoms with van der Waals surface area (Å²) in [6, 6.07) is 15.6. The van der Waals surface area contributed by atoms with E-state index in [4.69, 9.17) is 7.74 Å². The Balaban J connectivity index is 2.29. The third-order valence-corrected chi connectivity index (χ3v) is 24.0. The molecule has 0 aliphatic heterocycles. The molecule has 0 heterocycles. The van der Waals surface area contributed by atoms with Crippen LogP contribution >= 0.6 is 0 Å². The molecule has 0 saturated carbocycles. The highest BCUT2D eigenvalue weighted by molar-refractivity contribution is 7.90. The summed E-state index contributed by atoms with van der Waals surface area (Å²) in [4.78, 5) is 0.0765. The first-order valence-electron chi connectivity index (χ1n) is 7.89. The second kappa shape index (κ2) is 7.37. The van der Waals surface area contributed by atoms with Gasteiger partial charge < -0.3 is 7.74 Å². The van der Waals surface area contributed by atoms with E-state index in [1.54, 1.807) is 62.6 Å². The normalized spacial score (nSPS) is 13.5. The van der Waals surface area contributed by atoms with Gasteiger partial charge >= 0.3 is 0 Å². The number of rotatable bonds is 7. The van der Waals surface area contributed by atoms with Crippen LogP contribution in [0.25, 0.3) is 0 Å². The molecule has 2 aromatic carbocycles. The molecule has 0 aliphatic carbocycles. The number of hydrogen-bond acceptors (Lipinski definition) is 6.